The third kappa shape index (κ3) is 2.35. The van der Waals surface area contributed by atoms with Gasteiger partial charge in [0.05, 0.1) is 23.9 Å². The minimum absolute atomic E-state index is 0.0318. The standard InChI is InChI=1S/C15H25N3O2/c1-6-7-18-11(2)12(8-16-18)13(19)17-9-14(3,4)15(5,20)10-17/h8,20H,6-7,9-10H2,1-5H3/t15-/m0/s1. The van der Waals surface area contributed by atoms with E-state index in [1.54, 1.807) is 18.0 Å². The van der Waals surface area contributed by atoms with Crippen LogP contribution in [0.4, 0.5) is 0 Å². The van der Waals surface area contributed by atoms with Crippen LogP contribution in [0.2, 0.25) is 0 Å². The van der Waals surface area contributed by atoms with Crippen molar-refractivity contribution in [3.8, 4) is 0 Å². The molecule has 2 heterocycles. The van der Waals surface area contributed by atoms with Crippen molar-refractivity contribution < 1.29 is 9.90 Å². The summed E-state index contributed by atoms with van der Waals surface area (Å²) in [7, 11) is 0. The molecule has 1 aromatic rings. The molecule has 1 N–H and O–H groups in total. The normalized spacial score (nSPS) is 25.2. The van der Waals surface area contributed by atoms with Crippen LogP contribution in [0.5, 0.6) is 0 Å². The molecule has 1 aliphatic rings. The zero-order chi connectivity index (χ0) is 15.1. The maximum atomic E-state index is 12.6. The Hall–Kier alpha value is -1.36. The van der Waals surface area contributed by atoms with Gasteiger partial charge in [0.1, 0.15) is 0 Å². The fourth-order valence-corrected chi connectivity index (χ4v) is 2.70. The largest absolute Gasteiger partial charge is 0.388 e. The van der Waals surface area contributed by atoms with Crippen molar-refractivity contribution >= 4 is 5.91 Å². The first-order chi connectivity index (χ1) is 9.19. The van der Waals surface area contributed by atoms with Gasteiger partial charge in [-0.15, -0.1) is 0 Å². The molecule has 5 heteroatoms. The van der Waals surface area contributed by atoms with Crippen LogP contribution in [0.3, 0.4) is 0 Å². The van der Waals surface area contributed by atoms with Crippen molar-refractivity contribution in [3.05, 3.63) is 17.5 Å². The van der Waals surface area contributed by atoms with Crippen LogP contribution in [0.1, 0.15) is 50.2 Å². The summed E-state index contributed by atoms with van der Waals surface area (Å²) in [6, 6.07) is 0. The van der Waals surface area contributed by atoms with Gasteiger partial charge in [-0.25, -0.2) is 0 Å². The molecule has 0 aromatic carbocycles. The molecule has 1 saturated heterocycles. The molecule has 2 rings (SSSR count). The number of aryl methyl sites for hydroxylation is 1. The topological polar surface area (TPSA) is 58.4 Å². The van der Waals surface area contributed by atoms with Crippen LogP contribution in [0.15, 0.2) is 6.20 Å². The van der Waals surface area contributed by atoms with Crippen LogP contribution >= 0.6 is 0 Å². The summed E-state index contributed by atoms with van der Waals surface area (Å²) in [4.78, 5) is 14.4. The fourth-order valence-electron chi connectivity index (χ4n) is 2.70. The molecule has 1 aromatic heterocycles. The lowest BCUT2D eigenvalue weighted by Gasteiger charge is -2.30. The number of β-amino-alcohol motifs (C(OH)–C–C–N with tert-alkyl or cyclic N) is 1. The summed E-state index contributed by atoms with van der Waals surface area (Å²) in [6.45, 7) is 11.6. The monoisotopic (exact) mass is 279 g/mol. The number of likely N-dealkylation sites (tertiary alicyclic amines) is 1. The molecular formula is C15H25N3O2. The quantitative estimate of drug-likeness (QED) is 0.918. The van der Waals surface area contributed by atoms with Gasteiger partial charge in [0, 0.05) is 24.2 Å². The molecular weight excluding hydrogens is 254 g/mol. The highest BCUT2D eigenvalue weighted by atomic mass is 16.3. The summed E-state index contributed by atoms with van der Waals surface area (Å²) in [6.07, 6.45) is 2.63. The average molecular weight is 279 g/mol. The number of aliphatic hydroxyl groups is 1. The van der Waals surface area contributed by atoms with Crippen molar-refractivity contribution in [3.63, 3.8) is 0 Å². The first-order valence-electron chi connectivity index (χ1n) is 7.23. The SMILES string of the molecule is CCCn1ncc(C(=O)N2CC(C)(C)[C@@](C)(O)C2)c1C. The van der Waals surface area contributed by atoms with Crippen LogP contribution < -0.4 is 0 Å². The van der Waals surface area contributed by atoms with E-state index in [1.165, 1.54) is 0 Å². The Balaban J connectivity index is 2.22. The first kappa shape index (κ1) is 15.0. The zero-order valence-corrected chi connectivity index (χ0v) is 13.1. The number of aromatic nitrogens is 2. The molecule has 1 amide bonds. The second-order valence-corrected chi connectivity index (χ2v) is 6.69. The first-order valence-corrected chi connectivity index (χ1v) is 7.23. The van der Waals surface area contributed by atoms with E-state index in [-0.39, 0.29) is 11.3 Å². The van der Waals surface area contributed by atoms with Gasteiger partial charge in [0.25, 0.3) is 5.91 Å². The van der Waals surface area contributed by atoms with Gasteiger partial charge in [0.15, 0.2) is 0 Å². The molecule has 1 atom stereocenters. The van der Waals surface area contributed by atoms with E-state index < -0.39 is 5.60 Å². The predicted octanol–water partition coefficient (Wildman–Crippen LogP) is 1.83. The molecule has 0 radical (unpaired) electrons. The lowest BCUT2D eigenvalue weighted by Crippen LogP contribution is -2.40. The maximum Gasteiger partial charge on any atom is 0.257 e. The van der Waals surface area contributed by atoms with Crippen molar-refractivity contribution in [2.75, 3.05) is 13.1 Å². The Bertz CT molecular complexity index is 501. The summed E-state index contributed by atoms with van der Waals surface area (Å²) < 4.78 is 1.87. The lowest BCUT2D eigenvalue weighted by molar-refractivity contribution is -0.0108. The number of hydrogen-bond acceptors (Lipinski definition) is 3. The fraction of sp³-hybridized carbons (Fsp3) is 0.733. The Morgan fingerprint density at radius 3 is 2.55 bits per heavy atom. The third-order valence-corrected chi connectivity index (χ3v) is 4.60. The van der Waals surface area contributed by atoms with Crippen molar-refractivity contribution in [2.24, 2.45) is 5.41 Å². The predicted molar refractivity (Wildman–Crippen MR) is 77.6 cm³/mol. The van der Waals surface area contributed by atoms with E-state index in [2.05, 4.69) is 12.0 Å². The summed E-state index contributed by atoms with van der Waals surface area (Å²) in [5.74, 6) is -0.0318. The van der Waals surface area contributed by atoms with Crippen molar-refractivity contribution in [2.45, 2.75) is 53.2 Å². The summed E-state index contributed by atoms with van der Waals surface area (Å²) in [5, 5.41) is 14.7. The second-order valence-electron chi connectivity index (χ2n) is 6.69. The highest BCUT2D eigenvalue weighted by molar-refractivity contribution is 5.95. The lowest BCUT2D eigenvalue weighted by atomic mass is 9.79. The van der Waals surface area contributed by atoms with Gasteiger partial charge in [-0.3, -0.25) is 9.48 Å². The zero-order valence-electron chi connectivity index (χ0n) is 13.1. The van der Waals surface area contributed by atoms with Gasteiger partial charge in [-0.1, -0.05) is 20.8 Å². The van der Waals surface area contributed by atoms with Gasteiger partial charge >= 0.3 is 0 Å². The van der Waals surface area contributed by atoms with E-state index in [9.17, 15) is 9.90 Å². The highest BCUT2D eigenvalue weighted by Crippen LogP contribution is 2.39. The van der Waals surface area contributed by atoms with E-state index in [1.807, 2.05) is 25.5 Å². The van der Waals surface area contributed by atoms with Gasteiger partial charge in [-0.2, -0.15) is 5.10 Å². The van der Waals surface area contributed by atoms with Crippen LogP contribution in [0, 0.1) is 12.3 Å². The second kappa shape index (κ2) is 4.88. The number of rotatable bonds is 3. The molecule has 20 heavy (non-hydrogen) atoms. The smallest absolute Gasteiger partial charge is 0.257 e. The Labute approximate surface area is 120 Å². The molecule has 0 bridgehead atoms. The number of amides is 1. The van der Waals surface area contributed by atoms with E-state index in [4.69, 9.17) is 0 Å². The number of carbonyl (C=O) groups is 1. The molecule has 5 nitrogen and oxygen atoms in total. The maximum absolute atomic E-state index is 12.6. The minimum Gasteiger partial charge on any atom is -0.388 e. The number of hydrogen-bond donors (Lipinski definition) is 1. The summed E-state index contributed by atoms with van der Waals surface area (Å²) in [5.41, 5.74) is 0.402. The van der Waals surface area contributed by atoms with E-state index in [0.717, 1.165) is 18.7 Å². The van der Waals surface area contributed by atoms with Gasteiger partial charge < -0.3 is 10.0 Å². The van der Waals surface area contributed by atoms with E-state index in [0.29, 0.717) is 18.7 Å². The highest BCUT2D eigenvalue weighted by Gasteiger charge is 2.49. The summed E-state index contributed by atoms with van der Waals surface area (Å²) >= 11 is 0. The Kier molecular flexibility index (Phi) is 3.67. The molecule has 0 aliphatic carbocycles. The molecule has 0 spiro atoms. The van der Waals surface area contributed by atoms with Gasteiger partial charge in [-0.05, 0) is 20.3 Å². The molecule has 112 valence electrons. The van der Waals surface area contributed by atoms with Crippen LogP contribution in [-0.4, -0.2) is 44.4 Å². The van der Waals surface area contributed by atoms with E-state index >= 15 is 0 Å². The average Bonchev–Trinajstić information content (AvgIpc) is 2.78. The van der Waals surface area contributed by atoms with Gasteiger partial charge in [0.2, 0.25) is 0 Å². The third-order valence-electron chi connectivity index (χ3n) is 4.60. The van der Waals surface area contributed by atoms with Crippen molar-refractivity contribution in [1.82, 2.24) is 14.7 Å². The number of carbonyl (C=O) groups excluding carboxylic acids is 1. The van der Waals surface area contributed by atoms with Crippen LogP contribution in [-0.2, 0) is 6.54 Å². The minimum atomic E-state index is -0.851. The molecule has 1 aliphatic heterocycles. The Morgan fingerprint density at radius 2 is 2.05 bits per heavy atom. The molecule has 1 fully saturated rings. The molecule has 0 saturated carbocycles. The van der Waals surface area contributed by atoms with Crippen LogP contribution in [0.25, 0.3) is 0 Å². The molecule has 0 unspecified atom stereocenters. The Morgan fingerprint density at radius 1 is 1.40 bits per heavy atom. The van der Waals surface area contributed by atoms with Crippen molar-refractivity contribution in [1.29, 1.82) is 0 Å². The number of nitrogens with zero attached hydrogens (tertiary/aromatic N) is 3.